The highest BCUT2D eigenvalue weighted by Gasteiger charge is 2.32. The number of hydrogen-bond donors (Lipinski definition) is 0. The number of ether oxygens (including phenoxy) is 1. The molecule has 0 aromatic carbocycles. The van der Waals surface area contributed by atoms with E-state index in [9.17, 15) is 4.79 Å². The summed E-state index contributed by atoms with van der Waals surface area (Å²) in [5, 5.41) is 10.2. The molecule has 1 unspecified atom stereocenters. The number of carbonyl (C=O) groups is 1. The highest BCUT2D eigenvalue weighted by Crippen LogP contribution is 2.26. The normalized spacial score (nSPS) is 18.6. The van der Waals surface area contributed by atoms with Gasteiger partial charge in [-0.25, -0.2) is 0 Å². The summed E-state index contributed by atoms with van der Waals surface area (Å²) in [6, 6.07) is 3.79. The van der Waals surface area contributed by atoms with Crippen molar-refractivity contribution >= 4 is 17.2 Å². The van der Waals surface area contributed by atoms with Crippen molar-refractivity contribution in [3.8, 4) is 0 Å². The van der Waals surface area contributed by atoms with Crippen LogP contribution in [-0.2, 0) is 16.0 Å². The molecule has 1 amide bonds. The van der Waals surface area contributed by atoms with E-state index in [0.717, 1.165) is 6.42 Å². The summed E-state index contributed by atoms with van der Waals surface area (Å²) in [6.07, 6.45) is 1.25. The lowest BCUT2D eigenvalue weighted by Crippen LogP contribution is -2.43. The van der Waals surface area contributed by atoms with E-state index in [-0.39, 0.29) is 17.9 Å². The van der Waals surface area contributed by atoms with E-state index in [1.165, 1.54) is 4.88 Å². The summed E-state index contributed by atoms with van der Waals surface area (Å²) < 4.78 is 11.2. The Balaban J connectivity index is 1.68. The average Bonchev–Trinajstić information content (AvgIpc) is 3.24. The van der Waals surface area contributed by atoms with E-state index in [2.05, 4.69) is 16.3 Å². The molecule has 0 aliphatic carbocycles. The second kappa shape index (κ2) is 7.23. The maximum atomic E-state index is 12.6. The standard InChI is InChI=1S/C16H21N3O3S/c1-11(2)15-17-18-16(22-15)13-10-21-8-7-19(13)14(20)6-5-12-4-3-9-23-12/h3-4,9,11,13H,5-8,10H2,1-2H3. The number of amides is 1. The Morgan fingerprint density at radius 1 is 1.48 bits per heavy atom. The largest absolute Gasteiger partial charge is 0.423 e. The first-order chi connectivity index (χ1) is 11.1. The highest BCUT2D eigenvalue weighted by atomic mass is 32.1. The average molecular weight is 335 g/mol. The van der Waals surface area contributed by atoms with Gasteiger partial charge in [0.05, 0.1) is 13.2 Å². The van der Waals surface area contributed by atoms with Gasteiger partial charge >= 0.3 is 0 Å². The zero-order valence-corrected chi connectivity index (χ0v) is 14.2. The van der Waals surface area contributed by atoms with Crippen molar-refractivity contribution in [3.63, 3.8) is 0 Å². The van der Waals surface area contributed by atoms with Crippen molar-refractivity contribution in [2.75, 3.05) is 19.8 Å². The Labute approximate surface area is 139 Å². The van der Waals surface area contributed by atoms with Gasteiger partial charge in [0.15, 0.2) is 0 Å². The third-order valence-corrected chi connectivity index (χ3v) is 4.79. The van der Waals surface area contributed by atoms with Crippen LogP contribution in [0.2, 0.25) is 0 Å². The van der Waals surface area contributed by atoms with Gasteiger partial charge in [0.2, 0.25) is 17.7 Å². The summed E-state index contributed by atoms with van der Waals surface area (Å²) in [7, 11) is 0. The fraction of sp³-hybridized carbons (Fsp3) is 0.562. The van der Waals surface area contributed by atoms with Crippen molar-refractivity contribution in [2.24, 2.45) is 0 Å². The molecule has 1 aliphatic heterocycles. The maximum Gasteiger partial charge on any atom is 0.241 e. The maximum absolute atomic E-state index is 12.6. The quantitative estimate of drug-likeness (QED) is 0.840. The van der Waals surface area contributed by atoms with Crippen LogP contribution in [0.25, 0.3) is 0 Å². The minimum Gasteiger partial charge on any atom is -0.423 e. The van der Waals surface area contributed by atoms with E-state index in [0.29, 0.717) is 38.0 Å². The van der Waals surface area contributed by atoms with Crippen molar-refractivity contribution in [3.05, 3.63) is 34.2 Å². The summed E-state index contributed by atoms with van der Waals surface area (Å²) in [5.41, 5.74) is 0. The molecule has 0 saturated carbocycles. The van der Waals surface area contributed by atoms with Gasteiger partial charge in [-0.1, -0.05) is 19.9 Å². The number of morpholine rings is 1. The number of thiophene rings is 1. The van der Waals surface area contributed by atoms with E-state index in [1.54, 1.807) is 11.3 Å². The molecule has 2 aromatic rings. The molecule has 0 N–H and O–H groups in total. The van der Waals surface area contributed by atoms with Crippen molar-refractivity contribution in [1.29, 1.82) is 0 Å². The topological polar surface area (TPSA) is 68.5 Å². The summed E-state index contributed by atoms with van der Waals surface area (Å²) in [5.74, 6) is 1.34. The summed E-state index contributed by atoms with van der Waals surface area (Å²) in [4.78, 5) is 15.6. The minimum atomic E-state index is -0.278. The second-order valence-corrected chi connectivity index (χ2v) is 6.92. The molecule has 23 heavy (non-hydrogen) atoms. The van der Waals surface area contributed by atoms with Gasteiger partial charge in [0.1, 0.15) is 6.04 Å². The molecular weight excluding hydrogens is 314 g/mol. The van der Waals surface area contributed by atoms with Gasteiger partial charge in [-0.05, 0) is 17.9 Å². The number of aryl methyl sites for hydroxylation is 1. The van der Waals surface area contributed by atoms with Crippen LogP contribution in [0.15, 0.2) is 21.9 Å². The minimum absolute atomic E-state index is 0.107. The monoisotopic (exact) mass is 335 g/mol. The highest BCUT2D eigenvalue weighted by molar-refractivity contribution is 7.09. The lowest BCUT2D eigenvalue weighted by atomic mass is 10.1. The van der Waals surface area contributed by atoms with Crippen LogP contribution in [0.3, 0.4) is 0 Å². The molecule has 124 valence electrons. The van der Waals surface area contributed by atoms with Crippen molar-refractivity contribution < 1.29 is 13.9 Å². The number of carbonyl (C=O) groups excluding carboxylic acids is 1. The number of nitrogens with zero attached hydrogens (tertiary/aromatic N) is 3. The van der Waals surface area contributed by atoms with Gasteiger partial charge in [-0.2, -0.15) is 0 Å². The van der Waals surface area contributed by atoms with Crippen LogP contribution in [0, 0.1) is 0 Å². The Morgan fingerprint density at radius 2 is 2.35 bits per heavy atom. The molecule has 1 aliphatic rings. The molecule has 1 atom stereocenters. The molecule has 0 radical (unpaired) electrons. The van der Waals surface area contributed by atoms with Gasteiger partial charge < -0.3 is 14.1 Å². The Kier molecular flexibility index (Phi) is 5.07. The predicted octanol–water partition coefficient (Wildman–Crippen LogP) is 2.79. The number of rotatable bonds is 5. The lowest BCUT2D eigenvalue weighted by molar-refractivity contribution is -0.141. The van der Waals surface area contributed by atoms with Crippen LogP contribution in [0.5, 0.6) is 0 Å². The first-order valence-corrected chi connectivity index (χ1v) is 8.76. The molecule has 6 nitrogen and oxygen atoms in total. The Bertz CT molecular complexity index is 639. The van der Waals surface area contributed by atoms with Gasteiger partial charge in [0.25, 0.3) is 0 Å². The van der Waals surface area contributed by atoms with Gasteiger partial charge in [-0.3, -0.25) is 4.79 Å². The molecule has 3 heterocycles. The molecule has 1 saturated heterocycles. The van der Waals surface area contributed by atoms with Crippen LogP contribution in [0.1, 0.15) is 48.9 Å². The number of aromatic nitrogens is 2. The molecular formula is C16H21N3O3S. The van der Waals surface area contributed by atoms with E-state index in [4.69, 9.17) is 9.15 Å². The number of hydrogen-bond acceptors (Lipinski definition) is 6. The fourth-order valence-corrected chi connectivity index (χ4v) is 3.26. The first kappa shape index (κ1) is 16.1. The Hall–Kier alpha value is -1.73. The van der Waals surface area contributed by atoms with Crippen LogP contribution in [-0.4, -0.2) is 40.8 Å². The van der Waals surface area contributed by atoms with E-state index < -0.39 is 0 Å². The van der Waals surface area contributed by atoms with Gasteiger partial charge in [-0.15, -0.1) is 21.5 Å². The zero-order chi connectivity index (χ0) is 16.2. The van der Waals surface area contributed by atoms with Crippen LogP contribution >= 0.6 is 11.3 Å². The first-order valence-electron chi connectivity index (χ1n) is 7.88. The predicted molar refractivity (Wildman–Crippen MR) is 86.3 cm³/mol. The zero-order valence-electron chi connectivity index (χ0n) is 13.4. The molecule has 3 rings (SSSR count). The molecule has 1 fully saturated rings. The van der Waals surface area contributed by atoms with Crippen LogP contribution < -0.4 is 0 Å². The smallest absolute Gasteiger partial charge is 0.241 e. The molecule has 7 heteroatoms. The second-order valence-electron chi connectivity index (χ2n) is 5.89. The van der Waals surface area contributed by atoms with Crippen LogP contribution in [0.4, 0.5) is 0 Å². The summed E-state index contributed by atoms with van der Waals surface area (Å²) >= 11 is 1.68. The molecule has 0 bridgehead atoms. The summed E-state index contributed by atoms with van der Waals surface area (Å²) in [6.45, 7) is 5.52. The Morgan fingerprint density at radius 3 is 3.04 bits per heavy atom. The van der Waals surface area contributed by atoms with Crippen molar-refractivity contribution in [2.45, 2.75) is 38.6 Å². The van der Waals surface area contributed by atoms with Crippen molar-refractivity contribution in [1.82, 2.24) is 15.1 Å². The van der Waals surface area contributed by atoms with Gasteiger partial charge in [0, 0.05) is 23.8 Å². The molecule has 2 aromatic heterocycles. The van der Waals surface area contributed by atoms with E-state index in [1.807, 2.05) is 30.2 Å². The third kappa shape index (κ3) is 3.79. The SMILES string of the molecule is CC(C)c1nnc(C2COCCN2C(=O)CCc2cccs2)o1. The fourth-order valence-electron chi connectivity index (χ4n) is 2.55. The lowest BCUT2D eigenvalue weighted by Gasteiger charge is -2.33. The van der Waals surface area contributed by atoms with E-state index >= 15 is 0 Å². The third-order valence-electron chi connectivity index (χ3n) is 3.85. The molecule has 0 spiro atoms.